The smallest absolute Gasteiger partial charge is 0.266 e. The molecule has 2 aromatic heterocycles. The van der Waals surface area contributed by atoms with Crippen LogP contribution in [0, 0.1) is 6.92 Å². The number of amides is 1. The molecule has 94 valence electrons. The van der Waals surface area contributed by atoms with Crippen LogP contribution in [0.1, 0.15) is 39.1 Å². The third kappa shape index (κ3) is 1.97. The zero-order chi connectivity index (χ0) is 12.5. The van der Waals surface area contributed by atoms with Gasteiger partial charge < -0.3 is 4.90 Å². The summed E-state index contributed by atoms with van der Waals surface area (Å²) in [5.41, 5.74) is 2.60. The summed E-state index contributed by atoms with van der Waals surface area (Å²) < 4.78 is 0. The van der Waals surface area contributed by atoms with Crippen LogP contribution in [0.15, 0.2) is 23.0 Å². The lowest BCUT2D eigenvalue weighted by Gasteiger charge is -2.23. The molecule has 0 radical (unpaired) electrons. The molecule has 0 aliphatic carbocycles. The summed E-state index contributed by atoms with van der Waals surface area (Å²) >= 11 is 3.18. The Kier molecular flexibility index (Phi) is 3.18. The Labute approximate surface area is 114 Å². The van der Waals surface area contributed by atoms with Crippen molar-refractivity contribution in [1.82, 2.24) is 9.88 Å². The van der Waals surface area contributed by atoms with E-state index in [9.17, 15) is 4.79 Å². The summed E-state index contributed by atoms with van der Waals surface area (Å²) in [5, 5.41) is 2.08. The molecular weight excluding hydrogens is 264 g/mol. The lowest BCUT2D eigenvalue weighted by Crippen LogP contribution is -2.30. The monoisotopic (exact) mass is 278 g/mol. The van der Waals surface area contributed by atoms with Crippen LogP contribution < -0.4 is 0 Å². The molecule has 1 saturated heterocycles. The molecule has 3 heterocycles. The van der Waals surface area contributed by atoms with Gasteiger partial charge >= 0.3 is 0 Å². The first-order chi connectivity index (χ1) is 8.77. The first kappa shape index (κ1) is 11.9. The highest BCUT2D eigenvalue weighted by Gasteiger charge is 2.32. The largest absolute Gasteiger partial charge is 0.330 e. The zero-order valence-electron chi connectivity index (χ0n) is 10.1. The molecule has 0 aromatic carbocycles. The Balaban J connectivity index is 1.88. The molecular formula is C13H14N2OS2. The minimum Gasteiger partial charge on any atom is -0.330 e. The maximum Gasteiger partial charge on any atom is 0.266 e. The highest BCUT2D eigenvalue weighted by Crippen LogP contribution is 2.36. The number of nitrogens with zero attached hydrogens (tertiary/aromatic N) is 2. The number of likely N-dealkylation sites (tertiary alicyclic amines) is 1. The molecule has 1 amide bonds. The number of thiophene rings is 1. The zero-order valence-corrected chi connectivity index (χ0v) is 11.8. The molecule has 1 fully saturated rings. The van der Waals surface area contributed by atoms with E-state index in [2.05, 4.69) is 22.5 Å². The van der Waals surface area contributed by atoms with Gasteiger partial charge in [0.2, 0.25) is 0 Å². The number of rotatable bonds is 2. The molecule has 0 saturated carbocycles. The maximum absolute atomic E-state index is 12.5. The first-order valence-corrected chi connectivity index (χ1v) is 7.78. The Hall–Kier alpha value is -1.20. The molecule has 3 rings (SSSR count). The minimum atomic E-state index is 0.144. The van der Waals surface area contributed by atoms with Gasteiger partial charge in [-0.3, -0.25) is 4.79 Å². The van der Waals surface area contributed by atoms with Crippen molar-refractivity contribution < 1.29 is 4.79 Å². The fourth-order valence-electron chi connectivity index (χ4n) is 2.42. The number of hydrogen-bond donors (Lipinski definition) is 0. The van der Waals surface area contributed by atoms with Gasteiger partial charge in [-0.1, -0.05) is 6.07 Å². The van der Waals surface area contributed by atoms with E-state index in [4.69, 9.17) is 0 Å². The third-order valence-corrected chi connectivity index (χ3v) is 5.22. The van der Waals surface area contributed by atoms with E-state index in [1.165, 1.54) is 16.2 Å². The highest BCUT2D eigenvalue weighted by atomic mass is 32.1. The molecule has 2 aromatic rings. The fraction of sp³-hybridized carbons (Fsp3) is 0.385. The molecule has 0 spiro atoms. The summed E-state index contributed by atoms with van der Waals surface area (Å²) in [7, 11) is 0. The van der Waals surface area contributed by atoms with Crippen LogP contribution in [0.4, 0.5) is 0 Å². The minimum absolute atomic E-state index is 0.144. The van der Waals surface area contributed by atoms with Gasteiger partial charge in [-0.2, -0.15) is 0 Å². The molecule has 3 nitrogen and oxygen atoms in total. The first-order valence-electron chi connectivity index (χ1n) is 6.02. The molecule has 1 aliphatic rings. The topological polar surface area (TPSA) is 33.2 Å². The Morgan fingerprint density at radius 3 is 3.06 bits per heavy atom. The SMILES string of the molecule is Cc1ncsc1C(=O)N1CCC[C@H]1c1cccs1. The van der Waals surface area contributed by atoms with Crippen molar-refractivity contribution >= 4 is 28.6 Å². The van der Waals surface area contributed by atoms with E-state index in [0.29, 0.717) is 0 Å². The number of thiazole rings is 1. The van der Waals surface area contributed by atoms with Gasteiger partial charge in [0, 0.05) is 11.4 Å². The van der Waals surface area contributed by atoms with Gasteiger partial charge in [0.25, 0.3) is 5.91 Å². The summed E-state index contributed by atoms with van der Waals surface area (Å²) in [6, 6.07) is 4.44. The second-order valence-corrected chi connectivity index (χ2v) is 6.27. The number of carbonyl (C=O) groups excluding carboxylic acids is 1. The van der Waals surface area contributed by atoms with Gasteiger partial charge in [-0.25, -0.2) is 4.98 Å². The van der Waals surface area contributed by atoms with Gasteiger partial charge in [0.15, 0.2) is 0 Å². The lowest BCUT2D eigenvalue weighted by atomic mass is 10.2. The average Bonchev–Trinajstić information content (AvgIpc) is 3.09. The average molecular weight is 278 g/mol. The van der Waals surface area contributed by atoms with E-state index in [1.807, 2.05) is 11.8 Å². The summed E-state index contributed by atoms with van der Waals surface area (Å²) in [6.45, 7) is 2.76. The van der Waals surface area contributed by atoms with E-state index < -0.39 is 0 Å². The van der Waals surface area contributed by atoms with Crippen LogP contribution in [-0.4, -0.2) is 22.3 Å². The molecule has 1 atom stereocenters. The molecule has 18 heavy (non-hydrogen) atoms. The van der Waals surface area contributed by atoms with Crippen molar-refractivity contribution in [2.24, 2.45) is 0 Å². The fourth-order valence-corrected chi connectivity index (χ4v) is 4.06. The van der Waals surface area contributed by atoms with E-state index in [1.54, 1.807) is 16.8 Å². The van der Waals surface area contributed by atoms with Crippen molar-refractivity contribution in [3.8, 4) is 0 Å². The summed E-state index contributed by atoms with van der Waals surface area (Å²) in [5.74, 6) is 0.144. The van der Waals surface area contributed by atoms with Gasteiger partial charge in [0.1, 0.15) is 4.88 Å². The third-order valence-electron chi connectivity index (χ3n) is 3.33. The van der Waals surface area contributed by atoms with Crippen LogP contribution in [0.5, 0.6) is 0 Å². The van der Waals surface area contributed by atoms with Crippen molar-refractivity contribution in [2.75, 3.05) is 6.54 Å². The van der Waals surface area contributed by atoms with Crippen LogP contribution in [-0.2, 0) is 0 Å². The normalized spacial score (nSPS) is 19.4. The van der Waals surface area contributed by atoms with E-state index in [-0.39, 0.29) is 11.9 Å². The maximum atomic E-state index is 12.5. The van der Waals surface area contributed by atoms with E-state index >= 15 is 0 Å². The number of carbonyl (C=O) groups is 1. The highest BCUT2D eigenvalue weighted by molar-refractivity contribution is 7.12. The number of hydrogen-bond acceptors (Lipinski definition) is 4. The standard InChI is InChI=1S/C13H14N2OS2/c1-9-12(18-8-14-9)13(16)15-6-2-4-10(15)11-5-3-7-17-11/h3,5,7-8,10H,2,4,6H2,1H3/t10-/m0/s1. The second-order valence-electron chi connectivity index (χ2n) is 4.44. The van der Waals surface area contributed by atoms with E-state index in [0.717, 1.165) is 30.0 Å². The Morgan fingerprint density at radius 1 is 1.50 bits per heavy atom. The van der Waals surface area contributed by atoms with Gasteiger partial charge in [0.05, 0.1) is 17.2 Å². The van der Waals surface area contributed by atoms with Crippen molar-refractivity contribution in [3.63, 3.8) is 0 Å². The molecule has 0 bridgehead atoms. The lowest BCUT2D eigenvalue weighted by molar-refractivity contribution is 0.0742. The predicted octanol–water partition coefficient (Wildman–Crippen LogP) is 3.49. The predicted molar refractivity (Wildman–Crippen MR) is 74.2 cm³/mol. The van der Waals surface area contributed by atoms with Crippen molar-refractivity contribution in [2.45, 2.75) is 25.8 Å². The number of aryl methyl sites for hydroxylation is 1. The second kappa shape index (κ2) is 4.82. The molecule has 0 unspecified atom stereocenters. The van der Waals surface area contributed by atoms with Gasteiger partial charge in [-0.15, -0.1) is 22.7 Å². The van der Waals surface area contributed by atoms with Crippen LogP contribution in [0.25, 0.3) is 0 Å². The van der Waals surface area contributed by atoms with Crippen LogP contribution in [0.3, 0.4) is 0 Å². The Bertz CT molecular complexity index is 547. The Morgan fingerprint density at radius 2 is 2.39 bits per heavy atom. The van der Waals surface area contributed by atoms with Crippen LogP contribution >= 0.6 is 22.7 Å². The van der Waals surface area contributed by atoms with Crippen LogP contribution in [0.2, 0.25) is 0 Å². The quantitative estimate of drug-likeness (QED) is 0.842. The number of aromatic nitrogens is 1. The molecule has 5 heteroatoms. The van der Waals surface area contributed by atoms with Gasteiger partial charge in [-0.05, 0) is 31.2 Å². The summed E-state index contributed by atoms with van der Waals surface area (Å²) in [6.07, 6.45) is 2.16. The summed E-state index contributed by atoms with van der Waals surface area (Å²) in [4.78, 5) is 20.8. The molecule has 1 aliphatic heterocycles. The van der Waals surface area contributed by atoms with Crippen molar-refractivity contribution in [1.29, 1.82) is 0 Å². The molecule has 0 N–H and O–H groups in total. The van der Waals surface area contributed by atoms with Crippen molar-refractivity contribution in [3.05, 3.63) is 38.5 Å².